The lowest BCUT2D eigenvalue weighted by molar-refractivity contribution is 0.286. The van der Waals surface area contributed by atoms with Crippen LogP contribution in [0.5, 0.6) is 5.75 Å². The van der Waals surface area contributed by atoms with Crippen LogP contribution in [0.15, 0.2) is 62.9 Å². The van der Waals surface area contributed by atoms with Gasteiger partial charge in [0.1, 0.15) is 11.3 Å². The Labute approximate surface area is 202 Å². The summed E-state index contributed by atoms with van der Waals surface area (Å²) in [5.74, 6) is -0.0497. The lowest BCUT2D eigenvalue weighted by atomic mass is 9.75. The molecule has 0 fully saturated rings. The van der Waals surface area contributed by atoms with Crippen molar-refractivity contribution in [1.82, 2.24) is 0 Å². The van der Waals surface area contributed by atoms with E-state index in [0.717, 1.165) is 39.1 Å². The minimum atomic E-state index is -1.08. The molecule has 0 radical (unpaired) electrons. The number of hydrogen-bond donors (Lipinski definition) is 3. The second kappa shape index (κ2) is 8.63. The number of hydrogen-bond acceptors (Lipinski definition) is 7. The summed E-state index contributed by atoms with van der Waals surface area (Å²) in [6.45, 7) is 7.51. The van der Waals surface area contributed by atoms with Crippen molar-refractivity contribution in [3.8, 4) is 16.9 Å². The molecule has 3 aromatic carbocycles. The second-order valence-electron chi connectivity index (χ2n) is 9.04. The van der Waals surface area contributed by atoms with Gasteiger partial charge in [-0.15, -0.1) is 5.16 Å². The molecule has 0 bridgehead atoms. The molecule has 1 aromatic heterocycles. The highest BCUT2D eigenvalue weighted by Gasteiger charge is 2.25. The number of nitrogens with zero attached hydrogens (tertiary/aromatic N) is 1. The lowest BCUT2D eigenvalue weighted by Crippen LogP contribution is -2.37. The molecule has 35 heavy (non-hydrogen) atoms. The smallest absolute Gasteiger partial charge is 0.507 e. The highest BCUT2D eigenvalue weighted by molar-refractivity contribution is 6.62. The summed E-state index contributed by atoms with van der Waals surface area (Å²) in [6, 6.07) is 15.4. The van der Waals surface area contributed by atoms with Crippen molar-refractivity contribution in [2.75, 3.05) is 5.32 Å². The van der Waals surface area contributed by atoms with Gasteiger partial charge in [0.15, 0.2) is 0 Å². The number of oxime groups is 1. The van der Waals surface area contributed by atoms with Crippen LogP contribution in [0.3, 0.4) is 0 Å². The van der Waals surface area contributed by atoms with Crippen LogP contribution in [-0.4, -0.2) is 23.5 Å². The average molecular weight is 468 g/mol. The Hall–Kier alpha value is -4.04. The maximum atomic E-state index is 12.3. The molecule has 0 saturated carbocycles. The Morgan fingerprint density at radius 2 is 1.83 bits per heavy atom. The number of benzene rings is 3. The molecule has 176 valence electrons. The minimum Gasteiger partial charge on any atom is -0.507 e. The number of fused-ring (bicyclic) bond motifs is 2. The summed E-state index contributed by atoms with van der Waals surface area (Å²) >= 11 is 0. The van der Waals surface area contributed by atoms with E-state index in [0.29, 0.717) is 16.4 Å². The largest absolute Gasteiger partial charge is 0.583 e. The molecular formula is C27H25BN2O5. The summed E-state index contributed by atoms with van der Waals surface area (Å²) in [5, 5.41) is 28.5. The van der Waals surface area contributed by atoms with Crippen LogP contribution >= 0.6 is 0 Å². The monoisotopic (exact) mass is 468 g/mol. The van der Waals surface area contributed by atoms with Gasteiger partial charge in [0.2, 0.25) is 0 Å². The van der Waals surface area contributed by atoms with Gasteiger partial charge in [0.05, 0.1) is 23.2 Å². The van der Waals surface area contributed by atoms with Crippen LogP contribution in [0, 0.1) is 20.8 Å². The molecule has 0 aliphatic carbocycles. The fourth-order valence-electron chi connectivity index (χ4n) is 4.50. The Kier molecular flexibility index (Phi) is 5.61. The van der Waals surface area contributed by atoms with E-state index >= 15 is 0 Å². The fraction of sp³-hybridized carbons (Fsp3) is 0.185. The van der Waals surface area contributed by atoms with Crippen molar-refractivity contribution in [3.63, 3.8) is 0 Å². The summed E-state index contributed by atoms with van der Waals surface area (Å²) in [7, 11) is -1.08. The molecule has 0 unspecified atom stereocenters. The molecule has 7 nitrogen and oxygen atoms in total. The summed E-state index contributed by atoms with van der Waals surface area (Å²) in [5.41, 5.74) is 7.11. The maximum Gasteiger partial charge on any atom is 0.583 e. The van der Waals surface area contributed by atoms with Crippen molar-refractivity contribution < 1.29 is 19.3 Å². The molecule has 0 saturated heterocycles. The van der Waals surface area contributed by atoms with Gasteiger partial charge in [0, 0.05) is 22.3 Å². The topological polar surface area (TPSA) is 104 Å². The lowest BCUT2D eigenvalue weighted by Gasteiger charge is -2.21. The number of rotatable bonds is 4. The van der Waals surface area contributed by atoms with Crippen molar-refractivity contribution in [1.29, 1.82) is 0 Å². The quantitative estimate of drug-likeness (QED) is 0.305. The van der Waals surface area contributed by atoms with E-state index in [1.54, 1.807) is 13.1 Å². The van der Waals surface area contributed by atoms with Crippen LogP contribution in [0.25, 0.3) is 22.1 Å². The van der Waals surface area contributed by atoms with Crippen LogP contribution < -0.4 is 16.4 Å². The van der Waals surface area contributed by atoms with Gasteiger partial charge in [-0.3, -0.25) is 0 Å². The van der Waals surface area contributed by atoms with Gasteiger partial charge in [-0.1, -0.05) is 29.8 Å². The fourth-order valence-corrected chi connectivity index (χ4v) is 4.50. The van der Waals surface area contributed by atoms with Crippen molar-refractivity contribution in [3.05, 3.63) is 86.8 Å². The van der Waals surface area contributed by atoms with Gasteiger partial charge in [-0.05, 0) is 68.7 Å². The first-order valence-corrected chi connectivity index (χ1v) is 11.4. The normalized spacial score (nSPS) is 13.5. The number of aromatic hydroxyl groups is 1. The predicted octanol–water partition coefficient (Wildman–Crippen LogP) is 4.32. The first-order valence-electron chi connectivity index (χ1n) is 11.4. The molecular weight excluding hydrogens is 443 g/mol. The average Bonchev–Trinajstić information content (AvgIpc) is 2.84. The van der Waals surface area contributed by atoms with Crippen LogP contribution in [-0.2, 0) is 4.76 Å². The Morgan fingerprint density at radius 3 is 2.63 bits per heavy atom. The van der Waals surface area contributed by atoms with Crippen LogP contribution in [0.1, 0.15) is 40.8 Å². The first kappa shape index (κ1) is 22.7. The zero-order chi connectivity index (χ0) is 24.9. The van der Waals surface area contributed by atoms with E-state index in [1.807, 2.05) is 63.2 Å². The Bertz CT molecular complexity index is 1560. The summed E-state index contributed by atoms with van der Waals surface area (Å²) in [6.07, 6.45) is 1.59. The highest BCUT2D eigenvalue weighted by Crippen LogP contribution is 2.36. The molecule has 1 aliphatic heterocycles. The van der Waals surface area contributed by atoms with Gasteiger partial charge in [-0.25, -0.2) is 4.79 Å². The van der Waals surface area contributed by atoms with E-state index in [4.69, 9.17) is 9.17 Å². The second-order valence-corrected chi connectivity index (χ2v) is 9.04. The van der Waals surface area contributed by atoms with Crippen molar-refractivity contribution in [2.45, 2.75) is 33.7 Å². The van der Waals surface area contributed by atoms with Crippen LogP contribution in [0.2, 0.25) is 0 Å². The molecule has 1 aliphatic rings. The zero-order valence-corrected chi connectivity index (χ0v) is 19.9. The van der Waals surface area contributed by atoms with Crippen molar-refractivity contribution >= 4 is 35.5 Å². The number of aryl methyl sites for hydroxylation is 2. The molecule has 3 N–H and O–H groups in total. The van der Waals surface area contributed by atoms with E-state index in [1.165, 1.54) is 0 Å². The minimum absolute atomic E-state index is 0.0497. The third kappa shape index (κ3) is 4.06. The first-order chi connectivity index (χ1) is 16.7. The Balaban J connectivity index is 1.58. The molecule has 0 amide bonds. The standard InChI is InChI=1S/C27H25BN2O5/c1-14-5-8-24(21(9-14)18-6-7-23-19(12-18)13-29-35-28(23)33)30-17(4)20-10-15(2)11-22-25(31)16(3)27(32)34-26(20)22/h5-13,17,30-31,33H,1-4H3/t17-/m1/s1. The maximum absolute atomic E-state index is 12.3. The molecule has 5 rings (SSSR count). The summed E-state index contributed by atoms with van der Waals surface area (Å²) < 4.78 is 10.5. The third-order valence-corrected chi connectivity index (χ3v) is 6.40. The third-order valence-electron chi connectivity index (χ3n) is 6.40. The van der Waals surface area contributed by atoms with E-state index < -0.39 is 12.7 Å². The van der Waals surface area contributed by atoms with E-state index in [-0.39, 0.29) is 17.4 Å². The van der Waals surface area contributed by atoms with Gasteiger partial charge >= 0.3 is 12.7 Å². The Morgan fingerprint density at radius 1 is 1.03 bits per heavy atom. The number of anilines is 1. The van der Waals surface area contributed by atoms with E-state index in [2.05, 4.69) is 16.5 Å². The highest BCUT2D eigenvalue weighted by atomic mass is 16.6. The zero-order valence-electron chi connectivity index (χ0n) is 19.9. The molecule has 0 spiro atoms. The van der Waals surface area contributed by atoms with Gasteiger partial charge in [0.25, 0.3) is 0 Å². The molecule has 2 heterocycles. The van der Waals surface area contributed by atoms with Crippen LogP contribution in [0.4, 0.5) is 5.69 Å². The number of nitrogens with one attached hydrogen (secondary N) is 1. The van der Waals surface area contributed by atoms with Gasteiger partial charge in [-0.2, -0.15) is 0 Å². The molecule has 1 atom stereocenters. The SMILES string of the molecule is Cc1ccc(N[C@H](C)c2cc(C)cc3c(O)c(C)c(=O)oc23)c(-c2ccc3c(c2)C=NOB3O)c1. The van der Waals surface area contributed by atoms with Crippen molar-refractivity contribution in [2.24, 2.45) is 5.16 Å². The summed E-state index contributed by atoms with van der Waals surface area (Å²) in [4.78, 5) is 12.3. The van der Waals surface area contributed by atoms with Gasteiger partial charge < -0.3 is 24.6 Å². The van der Waals surface area contributed by atoms with E-state index in [9.17, 15) is 14.9 Å². The molecule has 8 heteroatoms. The predicted molar refractivity (Wildman–Crippen MR) is 139 cm³/mol. The molecule has 4 aromatic rings.